The highest BCUT2D eigenvalue weighted by Crippen LogP contribution is 2.21. The van der Waals surface area contributed by atoms with Crippen molar-refractivity contribution in [1.29, 1.82) is 0 Å². The van der Waals surface area contributed by atoms with E-state index in [0.29, 0.717) is 0 Å². The molecule has 19 heavy (non-hydrogen) atoms. The Bertz CT molecular complexity index is 482. The Labute approximate surface area is 114 Å². The Balaban J connectivity index is 1.77. The molecule has 0 amide bonds. The standard InChI is InChI=1S/C14H21N5/c1-14(2,3)12-5-6-13(16-11-12)15-7-4-9-19-10-8-17-18-19/h5-6,8,10-11H,4,7,9H2,1-3H3,(H,15,16). The van der Waals surface area contributed by atoms with Crippen LogP contribution in [-0.2, 0) is 12.0 Å². The smallest absolute Gasteiger partial charge is 0.125 e. The van der Waals surface area contributed by atoms with E-state index >= 15 is 0 Å². The molecule has 5 nitrogen and oxygen atoms in total. The van der Waals surface area contributed by atoms with E-state index in [-0.39, 0.29) is 5.41 Å². The lowest BCUT2D eigenvalue weighted by molar-refractivity contribution is 0.569. The van der Waals surface area contributed by atoms with Crippen LogP contribution in [0, 0.1) is 0 Å². The maximum Gasteiger partial charge on any atom is 0.125 e. The van der Waals surface area contributed by atoms with Crippen molar-refractivity contribution in [3.8, 4) is 0 Å². The topological polar surface area (TPSA) is 55.6 Å². The number of hydrogen-bond acceptors (Lipinski definition) is 4. The fraction of sp³-hybridized carbons (Fsp3) is 0.500. The van der Waals surface area contributed by atoms with Gasteiger partial charge in [0.15, 0.2) is 0 Å². The van der Waals surface area contributed by atoms with Crippen LogP contribution in [0.3, 0.4) is 0 Å². The van der Waals surface area contributed by atoms with Gasteiger partial charge in [0, 0.05) is 25.5 Å². The van der Waals surface area contributed by atoms with Crippen molar-refractivity contribution in [3.05, 3.63) is 36.3 Å². The van der Waals surface area contributed by atoms with Crippen molar-refractivity contribution in [2.24, 2.45) is 0 Å². The number of anilines is 1. The minimum Gasteiger partial charge on any atom is -0.370 e. The summed E-state index contributed by atoms with van der Waals surface area (Å²) in [5.74, 6) is 0.923. The summed E-state index contributed by atoms with van der Waals surface area (Å²) in [7, 11) is 0. The van der Waals surface area contributed by atoms with E-state index in [9.17, 15) is 0 Å². The summed E-state index contributed by atoms with van der Waals surface area (Å²) in [6.45, 7) is 8.31. The number of pyridine rings is 1. The number of aromatic nitrogens is 4. The number of rotatable bonds is 5. The van der Waals surface area contributed by atoms with Gasteiger partial charge in [-0.25, -0.2) is 4.98 Å². The van der Waals surface area contributed by atoms with E-state index in [1.165, 1.54) is 5.56 Å². The monoisotopic (exact) mass is 259 g/mol. The lowest BCUT2D eigenvalue weighted by atomic mass is 9.88. The number of nitrogens with one attached hydrogen (secondary N) is 1. The SMILES string of the molecule is CC(C)(C)c1ccc(NCCCn2ccnn2)nc1. The molecule has 2 aromatic rings. The second-order valence-corrected chi connectivity index (χ2v) is 5.63. The Morgan fingerprint density at radius 1 is 1.26 bits per heavy atom. The second kappa shape index (κ2) is 5.82. The van der Waals surface area contributed by atoms with Crippen LogP contribution in [0.2, 0.25) is 0 Å². The van der Waals surface area contributed by atoms with Gasteiger partial charge in [-0.3, -0.25) is 4.68 Å². The molecule has 0 aromatic carbocycles. The van der Waals surface area contributed by atoms with Crippen molar-refractivity contribution in [2.45, 2.75) is 39.2 Å². The molecular formula is C14H21N5. The molecule has 0 bridgehead atoms. The maximum absolute atomic E-state index is 4.43. The third-order valence-corrected chi connectivity index (χ3v) is 2.97. The van der Waals surface area contributed by atoms with Gasteiger partial charge in [0.1, 0.15) is 5.82 Å². The average Bonchev–Trinajstić information content (AvgIpc) is 2.87. The van der Waals surface area contributed by atoms with Crippen LogP contribution in [0.15, 0.2) is 30.7 Å². The minimum absolute atomic E-state index is 0.151. The van der Waals surface area contributed by atoms with Gasteiger partial charge in [0.05, 0.1) is 6.20 Å². The normalized spacial score (nSPS) is 11.5. The van der Waals surface area contributed by atoms with Crippen molar-refractivity contribution < 1.29 is 0 Å². The molecule has 2 rings (SSSR count). The van der Waals surface area contributed by atoms with Gasteiger partial charge >= 0.3 is 0 Å². The zero-order valence-electron chi connectivity index (χ0n) is 11.8. The highest BCUT2D eigenvalue weighted by atomic mass is 15.4. The van der Waals surface area contributed by atoms with E-state index in [1.807, 2.05) is 23.1 Å². The van der Waals surface area contributed by atoms with Gasteiger partial charge in [-0.1, -0.05) is 32.1 Å². The molecule has 0 atom stereocenters. The maximum atomic E-state index is 4.43. The molecule has 0 saturated heterocycles. The molecule has 0 saturated carbocycles. The molecule has 0 aliphatic rings. The second-order valence-electron chi connectivity index (χ2n) is 5.63. The van der Waals surface area contributed by atoms with Crippen LogP contribution in [0.4, 0.5) is 5.82 Å². The molecule has 0 radical (unpaired) electrons. The predicted molar refractivity (Wildman–Crippen MR) is 76.1 cm³/mol. The number of hydrogen-bond donors (Lipinski definition) is 1. The third-order valence-electron chi connectivity index (χ3n) is 2.97. The first-order valence-corrected chi connectivity index (χ1v) is 6.60. The van der Waals surface area contributed by atoms with Crippen LogP contribution in [0.1, 0.15) is 32.8 Å². The summed E-state index contributed by atoms with van der Waals surface area (Å²) in [6, 6.07) is 4.17. The van der Waals surface area contributed by atoms with Gasteiger partial charge in [-0.15, -0.1) is 5.10 Å². The zero-order chi connectivity index (χ0) is 13.7. The highest BCUT2D eigenvalue weighted by molar-refractivity contribution is 5.36. The Kier molecular flexibility index (Phi) is 4.14. The van der Waals surface area contributed by atoms with E-state index < -0.39 is 0 Å². The molecule has 0 unspecified atom stereocenters. The van der Waals surface area contributed by atoms with Crippen LogP contribution in [0.25, 0.3) is 0 Å². The van der Waals surface area contributed by atoms with Crippen LogP contribution < -0.4 is 5.32 Å². The molecule has 1 N–H and O–H groups in total. The first kappa shape index (κ1) is 13.5. The molecular weight excluding hydrogens is 238 g/mol. The van der Waals surface area contributed by atoms with Gasteiger partial charge in [-0.05, 0) is 23.5 Å². The van der Waals surface area contributed by atoms with Crippen LogP contribution in [-0.4, -0.2) is 26.5 Å². The van der Waals surface area contributed by atoms with Crippen LogP contribution >= 0.6 is 0 Å². The summed E-state index contributed by atoms with van der Waals surface area (Å²) >= 11 is 0. The summed E-state index contributed by atoms with van der Waals surface area (Å²) < 4.78 is 1.83. The summed E-state index contributed by atoms with van der Waals surface area (Å²) in [5, 5.41) is 11.0. The van der Waals surface area contributed by atoms with E-state index in [4.69, 9.17) is 0 Å². The molecule has 102 valence electrons. The van der Waals surface area contributed by atoms with Gasteiger partial charge in [0.25, 0.3) is 0 Å². The van der Waals surface area contributed by atoms with Crippen molar-refractivity contribution in [3.63, 3.8) is 0 Å². The first-order valence-electron chi connectivity index (χ1n) is 6.60. The summed E-state index contributed by atoms with van der Waals surface area (Å²) in [6.07, 6.45) is 6.50. The lowest BCUT2D eigenvalue weighted by Gasteiger charge is -2.18. The Morgan fingerprint density at radius 2 is 2.11 bits per heavy atom. The molecule has 5 heteroatoms. The predicted octanol–water partition coefficient (Wildman–Crippen LogP) is 2.47. The zero-order valence-corrected chi connectivity index (χ0v) is 11.8. The van der Waals surface area contributed by atoms with Gasteiger partial charge in [0.2, 0.25) is 0 Å². The molecule has 0 aliphatic heterocycles. The molecule has 2 heterocycles. The summed E-state index contributed by atoms with van der Waals surface area (Å²) in [5.41, 5.74) is 1.40. The molecule has 0 spiro atoms. The third kappa shape index (κ3) is 4.05. The van der Waals surface area contributed by atoms with E-state index in [1.54, 1.807) is 6.20 Å². The Morgan fingerprint density at radius 3 is 2.68 bits per heavy atom. The van der Waals surface area contributed by atoms with Gasteiger partial charge in [-0.2, -0.15) is 0 Å². The van der Waals surface area contributed by atoms with Crippen molar-refractivity contribution >= 4 is 5.82 Å². The lowest BCUT2D eigenvalue weighted by Crippen LogP contribution is -2.12. The molecule has 0 aliphatic carbocycles. The largest absolute Gasteiger partial charge is 0.370 e. The average molecular weight is 259 g/mol. The van der Waals surface area contributed by atoms with Crippen molar-refractivity contribution in [1.82, 2.24) is 20.0 Å². The van der Waals surface area contributed by atoms with Crippen molar-refractivity contribution in [2.75, 3.05) is 11.9 Å². The first-order chi connectivity index (χ1) is 9.05. The molecule has 0 fully saturated rings. The summed E-state index contributed by atoms with van der Waals surface area (Å²) in [4.78, 5) is 4.43. The number of aryl methyl sites for hydroxylation is 1. The Hall–Kier alpha value is -1.91. The minimum atomic E-state index is 0.151. The quantitative estimate of drug-likeness (QED) is 0.838. The fourth-order valence-corrected chi connectivity index (χ4v) is 1.75. The number of nitrogens with zero attached hydrogens (tertiary/aromatic N) is 4. The van der Waals surface area contributed by atoms with Crippen LogP contribution in [0.5, 0.6) is 0 Å². The van der Waals surface area contributed by atoms with Gasteiger partial charge < -0.3 is 5.32 Å². The van der Waals surface area contributed by atoms with E-state index in [2.05, 4.69) is 47.5 Å². The fourth-order valence-electron chi connectivity index (χ4n) is 1.75. The highest BCUT2D eigenvalue weighted by Gasteiger charge is 2.13. The van der Waals surface area contributed by atoms with E-state index in [0.717, 1.165) is 25.3 Å². The molecule has 2 aromatic heterocycles.